The first-order valence-electron chi connectivity index (χ1n) is 5.36. The zero-order chi connectivity index (χ0) is 15.3. The lowest BCUT2D eigenvalue weighted by molar-refractivity contribution is -0.385. The first kappa shape index (κ1) is 15.9. The van der Waals surface area contributed by atoms with Crippen molar-refractivity contribution < 1.29 is 32.7 Å². The maximum Gasteiger partial charge on any atom is 0.391 e. The summed E-state index contributed by atoms with van der Waals surface area (Å²) in [4.78, 5) is 20.8. The standard InChI is InChI=1S/C11H10F3NO5/c12-11(13,14)4-5-20-6-7-2-1-3-8(15(18)19)9(7)10(16)17/h1-3H,4-6H2,(H,16,17). The van der Waals surface area contributed by atoms with Crippen LogP contribution >= 0.6 is 0 Å². The van der Waals surface area contributed by atoms with Gasteiger partial charge in [-0.1, -0.05) is 12.1 Å². The van der Waals surface area contributed by atoms with Crippen LogP contribution in [0.1, 0.15) is 22.3 Å². The van der Waals surface area contributed by atoms with Crippen LogP contribution in [0.2, 0.25) is 0 Å². The molecule has 0 saturated heterocycles. The number of hydrogen-bond donors (Lipinski definition) is 1. The lowest BCUT2D eigenvalue weighted by Crippen LogP contribution is -2.13. The fourth-order valence-electron chi connectivity index (χ4n) is 1.48. The fourth-order valence-corrected chi connectivity index (χ4v) is 1.48. The molecule has 0 bridgehead atoms. The summed E-state index contributed by atoms with van der Waals surface area (Å²) in [5, 5.41) is 19.6. The number of carboxylic acid groups (broad SMARTS) is 1. The van der Waals surface area contributed by atoms with Crippen molar-refractivity contribution in [1.29, 1.82) is 0 Å². The number of rotatable bonds is 6. The second-order valence-electron chi connectivity index (χ2n) is 3.79. The Kier molecular flexibility index (Phi) is 5.03. The van der Waals surface area contributed by atoms with Gasteiger partial charge < -0.3 is 9.84 Å². The zero-order valence-electron chi connectivity index (χ0n) is 10.0. The molecule has 9 heteroatoms. The molecule has 0 aliphatic rings. The zero-order valence-corrected chi connectivity index (χ0v) is 10.0. The molecule has 1 rings (SSSR count). The van der Waals surface area contributed by atoms with Crippen molar-refractivity contribution in [3.8, 4) is 0 Å². The van der Waals surface area contributed by atoms with Gasteiger partial charge in [0.05, 0.1) is 24.6 Å². The first-order chi connectivity index (χ1) is 9.22. The van der Waals surface area contributed by atoms with E-state index in [0.29, 0.717) is 0 Å². The molecule has 0 saturated carbocycles. The van der Waals surface area contributed by atoms with E-state index in [9.17, 15) is 28.1 Å². The molecule has 0 aliphatic carbocycles. The van der Waals surface area contributed by atoms with Crippen molar-refractivity contribution in [3.05, 3.63) is 39.4 Å². The highest BCUT2D eigenvalue weighted by atomic mass is 19.4. The average Bonchev–Trinajstić information content (AvgIpc) is 2.32. The van der Waals surface area contributed by atoms with E-state index >= 15 is 0 Å². The van der Waals surface area contributed by atoms with Gasteiger partial charge in [-0.3, -0.25) is 10.1 Å². The minimum Gasteiger partial charge on any atom is -0.477 e. The van der Waals surface area contributed by atoms with Crippen LogP contribution in [0.15, 0.2) is 18.2 Å². The summed E-state index contributed by atoms with van der Waals surface area (Å²) in [5.41, 5.74) is -1.26. The molecule has 0 aromatic heterocycles. The molecule has 0 heterocycles. The lowest BCUT2D eigenvalue weighted by Gasteiger charge is -2.09. The van der Waals surface area contributed by atoms with E-state index in [4.69, 9.17) is 9.84 Å². The van der Waals surface area contributed by atoms with Gasteiger partial charge in [0, 0.05) is 6.07 Å². The minimum absolute atomic E-state index is 0.0473. The van der Waals surface area contributed by atoms with E-state index in [-0.39, 0.29) is 5.56 Å². The van der Waals surface area contributed by atoms with Crippen LogP contribution in [0.3, 0.4) is 0 Å². The third-order valence-corrected chi connectivity index (χ3v) is 2.33. The van der Waals surface area contributed by atoms with E-state index in [2.05, 4.69) is 0 Å². The molecule has 0 spiro atoms. The molecule has 1 aromatic rings. The molecular weight excluding hydrogens is 283 g/mol. The molecule has 0 amide bonds. The fraction of sp³-hybridized carbons (Fsp3) is 0.364. The van der Waals surface area contributed by atoms with Gasteiger partial charge in [-0.25, -0.2) is 4.79 Å². The number of nitrogens with zero attached hydrogens (tertiary/aromatic N) is 1. The van der Waals surface area contributed by atoms with Gasteiger partial charge in [-0.05, 0) is 5.56 Å². The summed E-state index contributed by atoms with van der Waals surface area (Å²) in [6, 6.07) is 3.50. The number of hydrogen-bond acceptors (Lipinski definition) is 4. The molecule has 110 valence electrons. The maximum absolute atomic E-state index is 11.9. The number of benzene rings is 1. The van der Waals surface area contributed by atoms with Gasteiger partial charge >= 0.3 is 12.1 Å². The van der Waals surface area contributed by atoms with Crippen molar-refractivity contribution in [2.24, 2.45) is 0 Å². The summed E-state index contributed by atoms with van der Waals surface area (Å²) in [5.74, 6) is -1.54. The minimum atomic E-state index is -4.38. The summed E-state index contributed by atoms with van der Waals surface area (Å²) in [7, 11) is 0. The predicted octanol–water partition coefficient (Wildman–Crippen LogP) is 2.76. The highest BCUT2D eigenvalue weighted by Gasteiger charge is 2.27. The van der Waals surface area contributed by atoms with Crippen molar-refractivity contribution in [1.82, 2.24) is 0 Å². The van der Waals surface area contributed by atoms with Crippen LogP contribution in [-0.4, -0.2) is 28.8 Å². The Hall–Kier alpha value is -2.16. The van der Waals surface area contributed by atoms with E-state index in [0.717, 1.165) is 6.07 Å². The van der Waals surface area contributed by atoms with E-state index in [1.54, 1.807) is 0 Å². The topological polar surface area (TPSA) is 89.7 Å². The van der Waals surface area contributed by atoms with Gasteiger partial charge in [0.1, 0.15) is 5.56 Å². The predicted molar refractivity (Wildman–Crippen MR) is 60.4 cm³/mol. The molecule has 0 unspecified atom stereocenters. The summed E-state index contributed by atoms with van der Waals surface area (Å²) in [6.45, 7) is -1.09. The van der Waals surface area contributed by atoms with Crippen molar-refractivity contribution >= 4 is 11.7 Å². The third-order valence-electron chi connectivity index (χ3n) is 2.33. The van der Waals surface area contributed by atoms with Gasteiger partial charge in [-0.15, -0.1) is 0 Å². The third kappa shape index (κ3) is 4.50. The first-order valence-corrected chi connectivity index (χ1v) is 5.36. The molecule has 1 N–H and O–H groups in total. The van der Waals surface area contributed by atoms with Gasteiger partial charge in [-0.2, -0.15) is 13.2 Å². The Morgan fingerprint density at radius 3 is 2.55 bits per heavy atom. The molecule has 6 nitrogen and oxygen atoms in total. The number of nitro groups is 1. The monoisotopic (exact) mass is 293 g/mol. The quantitative estimate of drug-likeness (QED) is 0.495. The number of alkyl halides is 3. The van der Waals surface area contributed by atoms with Crippen LogP contribution in [0.5, 0.6) is 0 Å². The Morgan fingerprint density at radius 2 is 2.05 bits per heavy atom. The Labute approximate surface area is 110 Å². The smallest absolute Gasteiger partial charge is 0.391 e. The second-order valence-corrected chi connectivity index (χ2v) is 3.79. The maximum atomic E-state index is 11.9. The number of aromatic carboxylic acids is 1. The largest absolute Gasteiger partial charge is 0.477 e. The summed E-state index contributed by atoms with van der Waals surface area (Å²) < 4.78 is 40.4. The van der Waals surface area contributed by atoms with Crippen LogP contribution in [0.25, 0.3) is 0 Å². The van der Waals surface area contributed by atoms with Crippen molar-refractivity contribution in [3.63, 3.8) is 0 Å². The van der Waals surface area contributed by atoms with Gasteiger partial charge in [0.25, 0.3) is 5.69 Å². The van der Waals surface area contributed by atoms with Gasteiger partial charge in [0.15, 0.2) is 0 Å². The molecular formula is C11H10F3NO5. The number of carboxylic acids is 1. The molecule has 0 radical (unpaired) electrons. The number of ether oxygens (including phenoxy) is 1. The van der Waals surface area contributed by atoms with Crippen LogP contribution < -0.4 is 0 Å². The van der Waals surface area contributed by atoms with E-state index in [1.807, 2.05) is 0 Å². The van der Waals surface area contributed by atoms with Crippen LogP contribution in [-0.2, 0) is 11.3 Å². The number of halogens is 3. The molecule has 0 aliphatic heterocycles. The molecule has 1 aromatic carbocycles. The Bertz CT molecular complexity index is 515. The summed E-state index contributed by atoms with van der Waals surface area (Å²) in [6.07, 6.45) is -5.55. The van der Waals surface area contributed by atoms with Crippen molar-refractivity contribution in [2.45, 2.75) is 19.2 Å². The van der Waals surface area contributed by atoms with Crippen LogP contribution in [0, 0.1) is 10.1 Å². The Morgan fingerprint density at radius 1 is 1.40 bits per heavy atom. The van der Waals surface area contributed by atoms with Crippen molar-refractivity contribution in [2.75, 3.05) is 6.61 Å². The van der Waals surface area contributed by atoms with E-state index in [1.165, 1.54) is 12.1 Å². The highest BCUT2D eigenvalue weighted by Crippen LogP contribution is 2.24. The number of carbonyl (C=O) groups is 1. The summed E-state index contributed by atoms with van der Waals surface area (Å²) >= 11 is 0. The molecule has 0 fully saturated rings. The van der Waals surface area contributed by atoms with Gasteiger partial charge in [0.2, 0.25) is 0 Å². The average molecular weight is 293 g/mol. The SMILES string of the molecule is O=C(O)c1c(COCCC(F)(F)F)cccc1[N+](=O)[O-]. The highest BCUT2D eigenvalue weighted by molar-refractivity contribution is 5.94. The normalized spacial score (nSPS) is 11.3. The Balaban J connectivity index is 2.82. The molecule has 0 atom stereocenters. The number of nitro benzene ring substituents is 1. The van der Waals surface area contributed by atoms with Crippen LogP contribution in [0.4, 0.5) is 18.9 Å². The molecule has 20 heavy (non-hydrogen) atoms. The lowest BCUT2D eigenvalue weighted by atomic mass is 10.1. The van der Waals surface area contributed by atoms with E-state index < -0.39 is 48.0 Å². The second kappa shape index (κ2) is 6.33.